The van der Waals surface area contributed by atoms with Crippen molar-refractivity contribution in [3.05, 3.63) is 11.4 Å². The Labute approximate surface area is 128 Å². The van der Waals surface area contributed by atoms with Crippen molar-refractivity contribution in [2.45, 2.75) is 71.8 Å². The summed E-state index contributed by atoms with van der Waals surface area (Å²) in [6, 6.07) is 0.529. The largest absolute Gasteiger partial charge is 0.367 e. The summed E-state index contributed by atoms with van der Waals surface area (Å²) in [7, 11) is 0. The van der Waals surface area contributed by atoms with Gasteiger partial charge in [-0.05, 0) is 44.9 Å². The first-order valence-corrected chi connectivity index (χ1v) is 8.28. The normalized spacial score (nSPS) is 22.1. The number of hydrazine groups is 1. The second kappa shape index (κ2) is 7.59. The smallest absolute Gasteiger partial charge is 0.148 e. The van der Waals surface area contributed by atoms with E-state index in [0.717, 1.165) is 41.8 Å². The highest BCUT2D eigenvalue weighted by Gasteiger charge is 2.21. The predicted octanol–water partition coefficient (Wildman–Crippen LogP) is 3.40. The molecule has 5 heteroatoms. The molecular weight excluding hydrogens is 262 g/mol. The summed E-state index contributed by atoms with van der Waals surface area (Å²) >= 11 is 0. The molecule has 2 rings (SSSR count). The molecule has 0 atom stereocenters. The average Bonchev–Trinajstić information content (AvgIpc) is 2.51. The second-order valence-electron chi connectivity index (χ2n) is 6.13. The molecule has 0 unspecified atom stereocenters. The van der Waals surface area contributed by atoms with Crippen molar-refractivity contribution in [2.75, 3.05) is 10.7 Å². The minimum Gasteiger partial charge on any atom is -0.367 e. The first-order chi connectivity index (χ1) is 10.2. The number of nitrogen functional groups attached to an aromatic ring is 1. The van der Waals surface area contributed by atoms with Crippen LogP contribution in [0, 0.1) is 12.8 Å². The Morgan fingerprint density at radius 1 is 1.10 bits per heavy atom. The zero-order chi connectivity index (χ0) is 15.2. The van der Waals surface area contributed by atoms with Gasteiger partial charge in [-0.15, -0.1) is 0 Å². The van der Waals surface area contributed by atoms with E-state index in [1.54, 1.807) is 0 Å². The van der Waals surface area contributed by atoms with Crippen LogP contribution < -0.4 is 16.6 Å². The van der Waals surface area contributed by atoms with E-state index in [4.69, 9.17) is 5.84 Å². The summed E-state index contributed by atoms with van der Waals surface area (Å²) in [6.45, 7) is 6.45. The summed E-state index contributed by atoms with van der Waals surface area (Å²) in [4.78, 5) is 9.16. The minimum atomic E-state index is 0.529. The number of nitrogens with one attached hydrogen (secondary N) is 2. The molecule has 4 N–H and O–H groups in total. The minimum absolute atomic E-state index is 0.529. The van der Waals surface area contributed by atoms with Crippen LogP contribution in [0.3, 0.4) is 0 Å². The molecule has 5 nitrogen and oxygen atoms in total. The number of aryl methyl sites for hydroxylation is 1. The van der Waals surface area contributed by atoms with Crippen molar-refractivity contribution >= 4 is 11.6 Å². The van der Waals surface area contributed by atoms with Crippen LogP contribution in [0.5, 0.6) is 0 Å². The Bertz CT molecular complexity index is 452. The molecule has 0 spiro atoms. The van der Waals surface area contributed by atoms with Crippen molar-refractivity contribution in [3.63, 3.8) is 0 Å². The molecule has 1 aliphatic carbocycles. The van der Waals surface area contributed by atoms with E-state index in [0.29, 0.717) is 6.04 Å². The van der Waals surface area contributed by atoms with Crippen molar-refractivity contribution < 1.29 is 0 Å². The highest BCUT2D eigenvalue weighted by Crippen LogP contribution is 2.29. The molecule has 0 aromatic carbocycles. The average molecular weight is 291 g/mol. The molecule has 0 aliphatic heterocycles. The third-order valence-electron chi connectivity index (χ3n) is 4.57. The maximum Gasteiger partial charge on any atom is 0.148 e. The first kappa shape index (κ1) is 16.0. The lowest BCUT2D eigenvalue weighted by Gasteiger charge is -2.29. The lowest BCUT2D eigenvalue weighted by Crippen LogP contribution is -2.27. The van der Waals surface area contributed by atoms with E-state index in [-0.39, 0.29) is 0 Å². The van der Waals surface area contributed by atoms with Crippen LogP contribution in [0.15, 0.2) is 0 Å². The standard InChI is InChI=1S/C16H29N5/c1-4-6-14-19-15(11(3)16(20-14)21-17)18-13-9-7-12(5-2)8-10-13/h12-13H,4-10,17H2,1-3H3,(H2,18,19,20,21). The zero-order valence-corrected chi connectivity index (χ0v) is 13.6. The van der Waals surface area contributed by atoms with Gasteiger partial charge >= 0.3 is 0 Å². The van der Waals surface area contributed by atoms with Crippen LogP contribution in [0.2, 0.25) is 0 Å². The van der Waals surface area contributed by atoms with Crippen LogP contribution >= 0.6 is 0 Å². The Hall–Kier alpha value is -1.36. The lowest BCUT2D eigenvalue weighted by atomic mass is 9.84. The van der Waals surface area contributed by atoms with E-state index in [1.807, 2.05) is 6.92 Å². The number of nitrogens with two attached hydrogens (primary N) is 1. The van der Waals surface area contributed by atoms with Gasteiger partial charge in [-0.25, -0.2) is 15.8 Å². The topological polar surface area (TPSA) is 75.9 Å². The van der Waals surface area contributed by atoms with Crippen molar-refractivity contribution in [3.8, 4) is 0 Å². The third-order valence-corrected chi connectivity index (χ3v) is 4.57. The van der Waals surface area contributed by atoms with Crippen LogP contribution in [0.1, 0.15) is 63.8 Å². The summed E-state index contributed by atoms with van der Waals surface area (Å²) < 4.78 is 0. The van der Waals surface area contributed by atoms with E-state index < -0.39 is 0 Å². The van der Waals surface area contributed by atoms with Crippen LogP contribution in [0.25, 0.3) is 0 Å². The monoisotopic (exact) mass is 291 g/mol. The zero-order valence-electron chi connectivity index (χ0n) is 13.6. The van der Waals surface area contributed by atoms with E-state index in [2.05, 4.69) is 34.6 Å². The van der Waals surface area contributed by atoms with Gasteiger partial charge in [0, 0.05) is 18.0 Å². The highest BCUT2D eigenvalue weighted by atomic mass is 15.3. The van der Waals surface area contributed by atoms with Crippen LogP contribution in [-0.4, -0.2) is 16.0 Å². The molecule has 0 radical (unpaired) electrons. The number of aromatic nitrogens is 2. The van der Waals surface area contributed by atoms with Gasteiger partial charge in [0.05, 0.1) is 0 Å². The summed E-state index contributed by atoms with van der Waals surface area (Å²) in [5.41, 5.74) is 3.71. The Morgan fingerprint density at radius 3 is 2.33 bits per heavy atom. The van der Waals surface area contributed by atoms with Crippen LogP contribution in [-0.2, 0) is 6.42 Å². The quantitative estimate of drug-likeness (QED) is 0.553. The second-order valence-corrected chi connectivity index (χ2v) is 6.13. The van der Waals surface area contributed by atoms with E-state index >= 15 is 0 Å². The van der Waals surface area contributed by atoms with E-state index in [9.17, 15) is 0 Å². The molecule has 1 saturated carbocycles. The molecular formula is C16H29N5. The van der Waals surface area contributed by atoms with Crippen LogP contribution in [0.4, 0.5) is 11.6 Å². The Kier molecular flexibility index (Phi) is 5.79. The van der Waals surface area contributed by atoms with Crippen molar-refractivity contribution in [2.24, 2.45) is 11.8 Å². The number of hydrogen-bond acceptors (Lipinski definition) is 5. The summed E-state index contributed by atoms with van der Waals surface area (Å²) in [5.74, 6) is 9.04. The van der Waals surface area contributed by atoms with Crippen molar-refractivity contribution in [1.29, 1.82) is 0 Å². The lowest BCUT2D eigenvalue weighted by molar-refractivity contribution is 0.329. The van der Waals surface area contributed by atoms with Gasteiger partial charge < -0.3 is 10.7 Å². The van der Waals surface area contributed by atoms with Gasteiger partial charge in [-0.1, -0.05) is 20.3 Å². The molecule has 1 aromatic rings. The third kappa shape index (κ3) is 4.06. The van der Waals surface area contributed by atoms with Gasteiger partial charge in [0.15, 0.2) is 0 Å². The molecule has 1 fully saturated rings. The molecule has 1 heterocycles. The Morgan fingerprint density at radius 2 is 1.76 bits per heavy atom. The molecule has 0 amide bonds. The summed E-state index contributed by atoms with van der Waals surface area (Å²) in [5, 5.41) is 3.62. The molecule has 1 aliphatic rings. The fraction of sp³-hybridized carbons (Fsp3) is 0.750. The number of rotatable bonds is 6. The maximum absolute atomic E-state index is 5.59. The molecule has 0 saturated heterocycles. The van der Waals surface area contributed by atoms with Crippen molar-refractivity contribution in [1.82, 2.24) is 9.97 Å². The first-order valence-electron chi connectivity index (χ1n) is 8.28. The Balaban J connectivity index is 2.09. The molecule has 1 aromatic heterocycles. The number of hydrogen-bond donors (Lipinski definition) is 3. The fourth-order valence-corrected chi connectivity index (χ4v) is 3.09. The highest BCUT2D eigenvalue weighted by molar-refractivity contribution is 5.57. The fourth-order valence-electron chi connectivity index (χ4n) is 3.09. The number of anilines is 2. The molecule has 0 bridgehead atoms. The van der Waals surface area contributed by atoms with Gasteiger partial charge in [0.2, 0.25) is 0 Å². The maximum atomic E-state index is 5.59. The SMILES string of the molecule is CCCc1nc(NN)c(C)c(NC2CCC(CC)CC2)n1. The molecule has 118 valence electrons. The number of nitrogens with zero attached hydrogens (tertiary/aromatic N) is 2. The van der Waals surface area contributed by atoms with Gasteiger partial charge in [0.25, 0.3) is 0 Å². The van der Waals surface area contributed by atoms with Gasteiger partial charge in [-0.3, -0.25) is 0 Å². The predicted molar refractivity (Wildman–Crippen MR) is 88.2 cm³/mol. The van der Waals surface area contributed by atoms with E-state index in [1.165, 1.54) is 32.1 Å². The van der Waals surface area contributed by atoms with Gasteiger partial charge in [0.1, 0.15) is 17.5 Å². The van der Waals surface area contributed by atoms with Gasteiger partial charge in [-0.2, -0.15) is 0 Å². The molecule has 21 heavy (non-hydrogen) atoms. The summed E-state index contributed by atoms with van der Waals surface area (Å²) in [6.07, 6.45) is 8.33.